The number of nitrogens with one attached hydrogen (secondary N) is 1. The number of carbonyl (C=O) groups is 1. The van der Waals surface area contributed by atoms with Gasteiger partial charge in [-0.05, 0) is 69.1 Å². The Bertz CT molecular complexity index is 369. The standard InChI is InChI=1S/C16H27NO/c1-11(2)17-13(18)16-7-12-5-14(3,9-16)8-15(4,6-12)10-16/h11-12H,5-10H2,1-4H3,(H,17,18)/t12?,14-,15+,16?. The molecule has 18 heavy (non-hydrogen) atoms. The molecule has 4 aliphatic carbocycles. The highest BCUT2D eigenvalue weighted by Gasteiger charge is 2.62. The Kier molecular flexibility index (Phi) is 2.44. The van der Waals surface area contributed by atoms with Crippen LogP contribution >= 0.6 is 0 Å². The maximum Gasteiger partial charge on any atom is 0.226 e. The van der Waals surface area contributed by atoms with E-state index in [-0.39, 0.29) is 11.5 Å². The van der Waals surface area contributed by atoms with Gasteiger partial charge in [0, 0.05) is 6.04 Å². The first-order valence-electron chi connectivity index (χ1n) is 7.55. The summed E-state index contributed by atoms with van der Waals surface area (Å²) in [6.07, 6.45) is 7.47. The number of amides is 1. The lowest BCUT2D eigenvalue weighted by atomic mass is 9.40. The summed E-state index contributed by atoms with van der Waals surface area (Å²) >= 11 is 0. The minimum atomic E-state index is -0.0345. The molecular formula is C16H27NO. The van der Waals surface area contributed by atoms with E-state index in [1.54, 1.807) is 0 Å². The summed E-state index contributed by atoms with van der Waals surface area (Å²) in [5.74, 6) is 1.15. The molecule has 4 fully saturated rings. The van der Waals surface area contributed by atoms with Gasteiger partial charge in [-0.25, -0.2) is 0 Å². The molecule has 0 aliphatic heterocycles. The second kappa shape index (κ2) is 3.52. The Morgan fingerprint density at radius 2 is 1.61 bits per heavy atom. The zero-order valence-electron chi connectivity index (χ0n) is 12.3. The summed E-state index contributed by atoms with van der Waals surface area (Å²) in [4.78, 5) is 12.7. The van der Waals surface area contributed by atoms with E-state index >= 15 is 0 Å². The molecular weight excluding hydrogens is 222 g/mol. The highest BCUT2D eigenvalue weighted by molar-refractivity contribution is 5.83. The summed E-state index contributed by atoms with van der Waals surface area (Å²) in [6.45, 7) is 8.99. The van der Waals surface area contributed by atoms with E-state index in [1.165, 1.54) is 19.3 Å². The van der Waals surface area contributed by atoms with Crippen molar-refractivity contribution in [1.29, 1.82) is 0 Å². The molecule has 2 heteroatoms. The van der Waals surface area contributed by atoms with Gasteiger partial charge in [0.25, 0.3) is 0 Å². The van der Waals surface area contributed by atoms with Crippen LogP contribution in [-0.4, -0.2) is 11.9 Å². The van der Waals surface area contributed by atoms with E-state index in [0.717, 1.165) is 25.2 Å². The quantitative estimate of drug-likeness (QED) is 0.797. The molecule has 0 radical (unpaired) electrons. The Morgan fingerprint density at radius 1 is 1.06 bits per heavy atom. The average Bonchev–Trinajstić information content (AvgIpc) is 2.09. The van der Waals surface area contributed by atoms with E-state index in [0.29, 0.717) is 16.7 Å². The SMILES string of the molecule is CC(C)NC(=O)C12CC3C[C@@](C)(C1)C[C@](C)(C3)C2. The molecule has 4 saturated carbocycles. The van der Waals surface area contributed by atoms with Crippen molar-refractivity contribution >= 4 is 5.91 Å². The van der Waals surface area contributed by atoms with Gasteiger partial charge >= 0.3 is 0 Å². The Balaban J connectivity index is 1.91. The van der Waals surface area contributed by atoms with Crippen LogP contribution in [0.3, 0.4) is 0 Å². The third-order valence-electron chi connectivity index (χ3n) is 5.53. The first-order valence-corrected chi connectivity index (χ1v) is 7.55. The van der Waals surface area contributed by atoms with Gasteiger partial charge in [0.15, 0.2) is 0 Å². The van der Waals surface area contributed by atoms with Gasteiger partial charge in [-0.2, -0.15) is 0 Å². The van der Waals surface area contributed by atoms with Crippen molar-refractivity contribution in [3.05, 3.63) is 0 Å². The van der Waals surface area contributed by atoms with Crippen molar-refractivity contribution in [2.45, 2.75) is 72.3 Å². The second-order valence-corrected chi connectivity index (χ2v) is 8.54. The van der Waals surface area contributed by atoms with Crippen molar-refractivity contribution in [3.63, 3.8) is 0 Å². The van der Waals surface area contributed by atoms with E-state index in [4.69, 9.17) is 0 Å². The summed E-state index contributed by atoms with van der Waals surface area (Å²) in [5.41, 5.74) is 0.832. The van der Waals surface area contributed by atoms with E-state index in [2.05, 4.69) is 33.0 Å². The topological polar surface area (TPSA) is 29.1 Å². The molecule has 1 N–H and O–H groups in total. The highest BCUT2D eigenvalue weighted by atomic mass is 16.2. The lowest BCUT2D eigenvalue weighted by Crippen LogP contribution is -2.60. The third-order valence-corrected chi connectivity index (χ3v) is 5.53. The van der Waals surface area contributed by atoms with Crippen LogP contribution in [0.4, 0.5) is 0 Å². The van der Waals surface area contributed by atoms with Crippen LogP contribution in [0.2, 0.25) is 0 Å². The summed E-state index contributed by atoms with van der Waals surface area (Å²) in [5, 5.41) is 3.20. The van der Waals surface area contributed by atoms with Crippen LogP contribution in [0, 0.1) is 22.2 Å². The molecule has 4 aliphatic rings. The summed E-state index contributed by atoms with van der Waals surface area (Å²) in [6, 6.07) is 0.270. The molecule has 2 nitrogen and oxygen atoms in total. The molecule has 0 saturated heterocycles. The van der Waals surface area contributed by atoms with Crippen molar-refractivity contribution in [2.75, 3.05) is 0 Å². The van der Waals surface area contributed by atoms with Crippen molar-refractivity contribution < 1.29 is 4.79 Å². The minimum Gasteiger partial charge on any atom is -0.353 e. The van der Waals surface area contributed by atoms with Crippen LogP contribution < -0.4 is 5.32 Å². The van der Waals surface area contributed by atoms with E-state index in [9.17, 15) is 4.79 Å². The smallest absolute Gasteiger partial charge is 0.226 e. The van der Waals surface area contributed by atoms with Gasteiger partial charge in [0.2, 0.25) is 5.91 Å². The molecule has 4 atom stereocenters. The number of hydrogen-bond acceptors (Lipinski definition) is 1. The van der Waals surface area contributed by atoms with E-state index < -0.39 is 0 Å². The summed E-state index contributed by atoms with van der Waals surface area (Å²) < 4.78 is 0. The first-order chi connectivity index (χ1) is 8.24. The number of rotatable bonds is 2. The lowest BCUT2D eigenvalue weighted by molar-refractivity contribution is -0.170. The first kappa shape index (κ1) is 12.5. The van der Waals surface area contributed by atoms with Gasteiger partial charge in [-0.15, -0.1) is 0 Å². The Labute approximate surface area is 111 Å². The van der Waals surface area contributed by atoms with Crippen LogP contribution in [-0.2, 0) is 4.79 Å². The van der Waals surface area contributed by atoms with Gasteiger partial charge in [-0.3, -0.25) is 4.79 Å². The fourth-order valence-electron chi connectivity index (χ4n) is 6.12. The fourth-order valence-corrected chi connectivity index (χ4v) is 6.12. The second-order valence-electron chi connectivity index (χ2n) is 8.54. The predicted octanol–water partition coefficient (Wildman–Crippen LogP) is 3.51. The monoisotopic (exact) mass is 249 g/mol. The lowest BCUT2D eigenvalue weighted by Gasteiger charge is -2.64. The van der Waals surface area contributed by atoms with Crippen molar-refractivity contribution in [1.82, 2.24) is 5.32 Å². The molecule has 0 aromatic rings. The number of carbonyl (C=O) groups excluding carboxylic acids is 1. The van der Waals surface area contributed by atoms with Gasteiger partial charge < -0.3 is 5.32 Å². The zero-order chi connectivity index (χ0) is 13.2. The van der Waals surface area contributed by atoms with Crippen LogP contribution in [0.15, 0.2) is 0 Å². The van der Waals surface area contributed by atoms with Crippen LogP contribution in [0.1, 0.15) is 66.2 Å². The van der Waals surface area contributed by atoms with Crippen LogP contribution in [0.25, 0.3) is 0 Å². The minimum absolute atomic E-state index is 0.0345. The molecule has 4 rings (SSSR count). The van der Waals surface area contributed by atoms with Gasteiger partial charge in [0.1, 0.15) is 0 Å². The fraction of sp³-hybridized carbons (Fsp3) is 0.938. The van der Waals surface area contributed by atoms with Crippen LogP contribution in [0.5, 0.6) is 0 Å². The zero-order valence-corrected chi connectivity index (χ0v) is 12.3. The molecule has 0 heterocycles. The molecule has 2 unspecified atom stereocenters. The van der Waals surface area contributed by atoms with Gasteiger partial charge in [0.05, 0.1) is 5.41 Å². The molecule has 0 aromatic carbocycles. The highest BCUT2D eigenvalue weighted by Crippen LogP contribution is 2.69. The predicted molar refractivity (Wildman–Crippen MR) is 73.1 cm³/mol. The molecule has 4 bridgehead atoms. The molecule has 102 valence electrons. The normalized spacial score (nSPS) is 49.7. The Morgan fingerprint density at radius 3 is 2.06 bits per heavy atom. The Hall–Kier alpha value is -0.530. The largest absolute Gasteiger partial charge is 0.353 e. The van der Waals surface area contributed by atoms with Gasteiger partial charge in [-0.1, -0.05) is 13.8 Å². The van der Waals surface area contributed by atoms with Crippen molar-refractivity contribution in [3.8, 4) is 0 Å². The molecule has 0 aromatic heterocycles. The summed E-state index contributed by atoms with van der Waals surface area (Å²) in [7, 11) is 0. The average molecular weight is 249 g/mol. The molecule has 0 spiro atoms. The molecule has 1 amide bonds. The van der Waals surface area contributed by atoms with E-state index in [1.807, 2.05) is 0 Å². The maximum atomic E-state index is 12.7. The van der Waals surface area contributed by atoms with Crippen molar-refractivity contribution in [2.24, 2.45) is 22.2 Å². The number of hydrogen-bond donors (Lipinski definition) is 1. The maximum absolute atomic E-state index is 12.7. The third kappa shape index (κ3) is 1.80.